The van der Waals surface area contributed by atoms with Crippen molar-refractivity contribution in [3.8, 4) is 0 Å². The van der Waals surface area contributed by atoms with E-state index >= 15 is 0 Å². The second-order valence-corrected chi connectivity index (χ2v) is 22.0. The molecule has 0 aromatic carbocycles. The number of ether oxygens (including phenoxy) is 5. The van der Waals surface area contributed by atoms with E-state index < -0.39 is 28.6 Å². The van der Waals surface area contributed by atoms with Crippen LogP contribution in [0.1, 0.15) is 180 Å². The number of carbonyl (C=O) groups excluding carboxylic acids is 4. The third kappa shape index (κ3) is 9.31. The first kappa shape index (κ1) is 44.9. The first-order valence-electron chi connectivity index (χ1n) is 22.0. The fourth-order valence-electron chi connectivity index (χ4n) is 11.1. The van der Waals surface area contributed by atoms with E-state index in [9.17, 15) is 24.3 Å². The molecule has 56 heavy (non-hydrogen) atoms. The molecule has 10 heteroatoms. The first-order valence-corrected chi connectivity index (χ1v) is 22.0. The molecule has 3 saturated heterocycles. The monoisotopic (exact) mass is 789 g/mol. The van der Waals surface area contributed by atoms with Crippen molar-refractivity contribution in [2.75, 3.05) is 0 Å². The molecule has 8 rings (SSSR count). The van der Waals surface area contributed by atoms with Crippen LogP contribution >= 0.6 is 0 Å². The fraction of sp³-hybridized carbons (Fsp3) is 0.913. The summed E-state index contributed by atoms with van der Waals surface area (Å²) in [6, 6.07) is 0. The standard InChI is InChI=1S/C17H32O2.C16H26O3.C13H18O5/c1-8-16(6,7)14(18)19-17(9-2)11-13(3)10-15(4,5)12-17;1-4-14(2,3)13(17)19-16-8-11-5-12(9-16)7-15(18,6-11)10-16;1-4-13(2,3)12(15)18-9-7-5-6-8(16-7)10(9)17-11(6)14/h13H,8-12H2,1-7H3;11-12,18H,4-10H2,1-3H3;6-10H,4-5H2,1-3H3. The van der Waals surface area contributed by atoms with E-state index in [4.69, 9.17) is 23.7 Å². The number of aliphatic hydroxyl groups is 1. The van der Waals surface area contributed by atoms with E-state index in [0.717, 1.165) is 57.8 Å². The van der Waals surface area contributed by atoms with Crippen molar-refractivity contribution in [1.29, 1.82) is 0 Å². The van der Waals surface area contributed by atoms with Crippen molar-refractivity contribution in [3.05, 3.63) is 0 Å². The lowest BCUT2D eigenvalue weighted by Gasteiger charge is -2.59. The average molecular weight is 789 g/mol. The van der Waals surface area contributed by atoms with Gasteiger partial charge in [0.1, 0.15) is 17.3 Å². The van der Waals surface area contributed by atoms with Crippen LogP contribution in [0.2, 0.25) is 0 Å². The molecule has 10 nitrogen and oxygen atoms in total. The molecule has 9 unspecified atom stereocenters. The van der Waals surface area contributed by atoms with E-state index in [1.165, 1.54) is 12.8 Å². The molecule has 0 radical (unpaired) electrons. The van der Waals surface area contributed by atoms with Crippen molar-refractivity contribution in [1.82, 2.24) is 0 Å². The SMILES string of the molecule is CCC(C)(C)C(=O)OC12CC3CC(CC(O)(C3)C1)C2.CCC(C)(C)C(=O)OC1C2CC3C(=O)OC1C3O2.CCC1(OC(=O)C(C)(C)CC)CC(C)CC(C)(C)C1. The van der Waals surface area contributed by atoms with Gasteiger partial charge in [0, 0.05) is 6.42 Å². The van der Waals surface area contributed by atoms with Gasteiger partial charge in [0.25, 0.3) is 0 Å². The second-order valence-electron chi connectivity index (χ2n) is 22.0. The molecule has 0 aromatic heterocycles. The van der Waals surface area contributed by atoms with Gasteiger partial charge in [-0.1, -0.05) is 48.5 Å². The van der Waals surface area contributed by atoms with Gasteiger partial charge in [0.15, 0.2) is 12.2 Å². The van der Waals surface area contributed by atoms with Crippen LogP contribution < -0.4 is 0 Å². The van der Waals surface area contributed by atoms with Gasteiger partial charge < -0.3 is 28.8 Å². The van der Waals surface area contributed by atoms with Gasteiger partial charge in [-0.05, 0) is 148 Å². The van der Waals surface area contributed by atoms with Crippen LogP contribution in [0.3, 0.4) is 0 Å². The van der Waals surface area contributed by atoms with E-state index in [1.807, 2.05) is 62.3 Å². The molecular weight excluding hydrogens is 712 g/mol. The largest absolute Gasteiger partial charge is 0.459 e. The van der Waals surface area contributed by atoms with E-state index in [0.29, 0.717) is 37.0 Å². The lowest BCUT2D eigenvalue weighted by molar-refractivity contribution is -0.225. The maximum Gasteiger partial charge on any atom is 0.312 e. The molecule has 5 saturated carbocycles. The minimum Gasteiger partial charge on any atom is -0.459 e. The minimum absolute atomic E-state index is 0.0262. The van der Waals surface area contributed by atoms with Gasteiger partial charge in [0.05, 0.1) is 33.9 Å². The van der Waals surface area contributed by atoms with Gasteiger partial charge in [-0.25, -0.2) is 0 Å². The highest BCUT2D eigenvalue weighted by Crippen LogP contribution is 2.59. The fourth-order valence-corrected chi connectivity index (χ4v) is 11.1. The predicted molar refractivity (Wildman–Crippen MR) is 213 cm³/mol. The molecule has 6 bridgehead atoms. The lowest BCUT2D eigenvalue weighted by atomic mass is 9.52. The predicted octanol–water partition coefficient (Wildman–Crippen LogP) is 9.06. The normalized spacial score (nSPS) is 38.8. The van der Waals surface area contributed by atoms with Crippen LogP contribution in [0.15, 0.2) is 0 Å². The average Bonchev–Trinajstić information content (AvgIpc) is 3.72. The van der Waals surface area contributed by atoms with Crippen molar-refractivity contribution < 1.29 is 48.0 Å². The summed E-state index contributed by atoms with van der Waals surface area (Å²) in [5, 5.41) is 10.6. The molecule has 9 atom stereocenters. The Morgan fingerprint density at radius 3 is 1.77 bits per heavy atom. The summed E-state index contributed by atoms with van der Waals surface area (Å²) < 4.78 is 28.5. The van der Waals surface area contributed by atoms with Crippen LogP contribution in [0.5, 0.6) is 0 Å². The molecule has 8 aliphatic rings. The summed E-state index contributed by atoms with van der Waals surface area (Å²) in [6.07, 6.45) is 11.6. The molecule has 8 fully saturated rings. The molecule has 0 aromatic rings. The number of carbonyl (C=O) groups is 4. The third-order valence-electron chi connectivity index (χ3n) is 15.0. The maximum atomic E-state index is 12.4. The molecule has 320 valence electrons. The van der Waals surface area contributed by atoms with Crippen LogP contribution in [0.4, 0.5) is 0 Å². The van der Waals surface area contributed by atoms with Gasteiger partial charge in [-0.15, -0.1) is 0 Å². The number of hydrogen-bond donors (Lipinski definition) is 1. The van der Waals surface area contributed by atoms with Crippen LogP contribution in [0.25, 0.3) is 0 Å². The van der Waals surface area contributed by atoms with E-state index in [2.05, 4.69) is 27.7 Å². The highest BCUT2D eigenvalue weighted by Gasteiger charge is 2.65. The molecular formula is C46H76O10. The minimum atomic E-state index is -0.555. The molecule has 5 aliphatic carbocycles. The highest BCUT2D eigenvalue weighted by molar-refractivity contribution is 5.79. The van der Waals surface area contributed by atoms with Gasteiger partial charge in [-0.3, -0.25) is 19.2 Å². The highest BCUT2D eigenvalue weighted by atomic mass is 16.7. The molecule has 3 aliphatic heterocycles. The smallest absolute Gasteiger partial charge is 0.312 e. The molecule has 0 spiro atoms. The zero-order valence-corrected chi connectivity index (χ0v) is 37.1. The molecule has 0 amide bonds. The summed E-state index contributed by atoms with van der Waals surface area (Å²) >= 11 is 0. The van der Waals surface area contributed by atoms with Crippen molar-refractivity contribution in [2.24, 2.45) is 45.3 Å². The number of fused-ring (bicyclic) bond motifs is 1. The summed E-state index contributed by atoms with van der Waals surface area (Å²) in [5.74, 6) is 1.04. The molecule has 1 N–H and O–H groups in total. The van der Waals surface area contributed by atoms with E-state index in [-0.39, 0.29) is 64.0 Å². The zero-order chi connectivity index (χ0) is 41.9. The van der Waals surface area contributed by atoms with Gasteiger partial charge in [0.2, 0.25) is 0 Å². The summed E-state index contributed by atoms with van der Waals surface area (Å²) in [4.78, 5) is 48.4. The Morgan fingerprint density at radius 2 is 1.27 bits per heavy atom. The van der Waals surface area contributed by atoms with Crippen molar-refractivity contribution in [3.63, 3.8) is 0 Å². The van der Waals surface area contributed by atoms with Crippen LogP contribution in [-0.4, -0.2) is 70.2 Å². The van der Waals surface area contributed by atoms with Crippen molar-refractivity contribution >= 4 is 23.9 Å². The number of rotatable bonds is 10. The Bertz CT molecular complexity index is 1430. The quantitative estimate of drug-likeness (QED) is 0.169. The number of hydrogen-bond acceptors (Lipinski definition) is 10. The Morgan fingerprint density at radius 1 is 0.732 bits per heavy atom. The maximum absolute atomic E-state index is 12.4. The summed E-state index contributed by atoms with van der Waals surface area (Å²) in [7, 11) is 0. The van der Waals surface area contributed by atoms with Crippen LogP contribution in [-0.2, 0) is 42.9 Å². The molecule has 3 heterocycles. The Labute approximate surface area is 337 Å². The second kappa shape index (κ2) is 15.8. The summed E-state index contributed by atoms with van der Waals surface area (Å²) in [5.41, 5.74) is -2.18. The Kier molecular flexibility index (Phi) is 12.6. The Hall–Kier alpha value is -2.20. The van der Waals surface area contributed by atoms with Crippen LogP contribution in [0, 0.1) is 45.3 Å². The Balaban J connectivity index is 0.000000161. The van der Waals surface area contributed by atoms with Crippen molar-refractivity contribution in [2.45, 2.75) is 221 Å². The summed E-state index contributed by atoms with van der Waals surface area (Å²) in [6.45, 7) is 26.6. The lowest BCUT2D eigenvalue weighted by Crippen LogP contribution is -2.61. The first-order chi connectivity index (χ1) is 25.8. The number of esters is 4. The van der Waals surface area contributed by atoms with Gasteiger partial charge in [-0.2, -0.15) is 0 Å². The topological polar surface area (TPSA) is 135 Å². The van der Waals surface area contributed by atoms with Gasteiger partial charge >= 0.3 is 23.9 Å². The van der Waals surface area contributed by atoms with E-state index in [1.54, 1.807) is 0 Å². The zero-order valence-electron chi connectivity index (χ0n) is 37.1. The third-order valence-corrected chi connectivity index (χ3v) is 15.0.